The fourth-order valence-electron chi connectivity index (χ4n) is 5.51. The summed E-state index contributed by atoms with van der Waals surface area (Å²) in [6.45, 7) is 13.7. The summed E-state index contributed by atoms with van der Waals surface area (Å²) >= 11 is 0. The van der Waals surface area contributed by atoms with E-state index in [9.17, 15) is 25.2 Å². The molecule has 1 heterocycles. The van der Waals surface area contributed by atoms with Crippen LogP contribution in [0.5, 0.6) is 0 Å². The van der Waals surface area contributed by atoms with E-state index in [0.717, 1.165) is 5.57 Å². The fraction of sp³-hybridized carbons (Fsp3) is 0.880. The maximum Gasteiger partial charge on any atom is 0.335 e. The molecular weight excluding hydrogens is 412 g/mol. The number of hydrogen-bond acceptors (Lipinski definition) is 7. The summed E-state index contributed by atoms with van der Waals surface area (Å²) in [6.07, 6.45) is -1.24. The minimum atomic E-state index is -1.23. The average Bonchev–Trinajstić information content (AvgIpc) is 2.68. The first-order chi connectivity index (χ1) is 14.8. The molecule has 0 amide bonds. The number of rotatable bonds is 10. The lowest BCUT2D eigenvalue weighted by Gasteiger charge is -2.54. The summed E-state index contributed by atoms with van der Waals surface area (Å²) in [5, 5.41) is 42.6. The van der Waals surface area contributed by atoms with Crippen molar-refractivity contribution >= 4 is 5.97 Å². The normalized spacial score (nSPS) is 33.8. The Morgan fingerprint density at radius 1 is 1.19 bits per heavy atom. The molecule has 2 aliphatic rings. The van der Waals surface area contributed by atoms with Crippen LogP contribution in [0, 0.1) is 17.3 Å². The van der Waals surface area contributed by atoms with Gasteiger partial charge in [-0.2, -0.15) is 0 Å². The molecule has 4 N–H and O–H groups in total. The van der Waals surface area contributed by atoms with Crippen molar-refractivity contribution in [3.8, 4) is 0 Å². The van der Waals surface area contributed by atoms with Gasteiger partial charge in [0.15, 0.2) is 6.10 Å². The first-order valence-corrected chi connectivity index (χ1v) is 12.1. The summed E-state index contributed by atoms with van der Waals surface area (Å²) in [5.74, 6) is -0.381. The predicted octanol–water partition coefficient (Wildman–Crippen LogP) is 2.73. The van der Waals surface area contributed by atoms with Crippen LogP contribution in [0.4, 0.5) is 0 Å². The molecule has 186 valence electrons. The predicted molar refractivity (Wildman–Crippen MR) is 122 cm³/mol. The van der Waals surface area contributed by atoms with Crippen LogP contribution in [0.25, 0.3) is 0 Å². The number of aliphatic hydroxyl groups excluding tert-OH is 3. The van der Waals surface area contributed by atoms with Crippen molar-refractivity contribution in [3.63, 3.8) is 0 Å². The molecule has 6 unspecified atom stereocenters. The summed E-state index contributed by atoms with van der Waals surface area (Å²) in [4.78, 5) is 12.4. The standard InChI is InChI=1S/C25H44O7/c1-8-18(27)22-16(5)21(32-23(29)19(28)9-2)12-25(30,24(22,6)7)11-14(3)17-13-31-20(17)10-15(4)26/h14-15,17-21,26-28,30H,8-13H2,1-7H3/t14?,15?,17?,18-,19?,20?,21-,25?/m0/s1. The molecule has 7 nitrogen and oxygen atoms in total. The third-order valence-corrected chi connectivity index (χ3v) is 7.85. The molecule has 7 heteroatoms. The van der Waals surface area contributed by atoms with Crippen LogP contribution in [0.3, 0.4) is 0 Å². The van der Waals surface area contributed by atoms with Crippen molar-refractivity contribution in [2.75, 3.05) is 6.61 Å². The molecule has 0 aromatic carbocycles. The second kappa shape index (κ2) is 10.5. The summed E-state index contributed by atoms with van der Waals surface area (Å²) in [6, 6.07) is 0. The van der Waals surface area contributed by atoms with Gasteiger partial charge in [-0.05, 0) is 56.6 Å². The van der Waals surface area contributed by atoms with Crippen molar-refractivity contribution in [2.45, 2.75) is 117 Å². The fourth-order valence-corrected chi connectivity index (χ4v) is 5.51. The van der Waals surface area contributed by atoms with Gasteiger partial charge in [0, 0.05) is 17.8 Å². The molecule has 1 fully saturated rings. The van der Waals surface area contributed by atoms with E-state index in [4.69, 9.17) is 9.47 Å². The molecular formula is C25H44O7. The van der Waals surface area contributed by atoms with E-state index >= 15 is 0 Å². The van der Waals surface area contributed by atoms with Crippen molar-refractivity contribution in [3.05, 3.63) is 11.1 Å². The van der Waals surface area contributed by atoms with Gasteiger partial charge in [-0.1, -0.05) is 34.6 Å². The van der Waals surface area contributed by atoms with Crippen LogP contribution in [0.1, 0.15) is 80.6 Å². The first-order valence-electron chi connectivity index (χ1n) is 12.1. The molecule has 0 saturated carbocycles. The Labute approximate surface area is 192 Å². The van der Waals surface area contributed by atoms with Crippen LogP contribution < -0.4 is 0 Å². The number of hydrogen-bond donors (Lipinski definition) is 4. The third-order valence-electron chi connectivity index (χ3n) is 7.85. The molecule has 32 heavy (non-hydrogen) atoms. The van der Waals surface area contributed by atoms with Gasteiger partial charge in [0.05, 0.1) is 30.5 Å². The van der Waals surface area contributed by atoms with Gasteiger partial charge in [0.2, 0.25) is 0 Å². The third kappa shape index (κ3) is 5.39. The largest absolute Gasteiger partial charge is 0.456 e. The molecule has 1 aliphatic heterocycles. The first kappa shape index (κ1) is 27.3. The Kier molecular flexibility index (Phi) is 8.96. The monoisotopic (exact) mass is 456 g/mol. The molecule has 0 bridgehead atoms. The molecule has 8 atom stereocenters. The molecule has 1 saturated heterocycles. The lowest BCUT2D eigenvalue weighted by Crippen LogP contribution is -2.57. The highest BCUT2D eigenvalue weighted by atomic mass is 16.6. The SMILES string of the molecule is CCC(O)C(=O)O[C@H]1CC(O)(CC(C)C2COC2CC(C)O)C(C)(C)C([C@@H](O)CC)=C1C. The molecule has 0 aromatic heterocycles. The molecule has 0 spiro atoms. The van der Waals surface area contributed by atoms with Gasteiger partial charge >= 0.3 is 5.97 Å². The lowest BCUT2D eigenvalue weighted by atomic mass is 9.57. The van der Waals surface area contributed by atoms with Gasteiger partial charge in [-0.3, -0.25) is 0 Å². The quantitative estimate of drug-likeness (QED) is 0.295. The van der Waals surface area contributed by atoms with E-state index in [1.54, 1.807) is 13.8 Å². The van der Waals surface area contributed by atoms with Gasteiger partial charge < -0.3 is 29.9 Å². The molecule has 0 aromatic rings. The smallest absolute Gasteiger partial charge is 0.335 e. The van der Waals surface area contributed by atoms with Gasteiger partial charge in [-0.25, -0.2) is 4.79 Å². The maximum atomic E-state index is 12.4. The minimum Gasteiger partial charge on any atom is -0.456 e. The number of ether oxygens (including phenoxy) is 2. The maximum absolute atomic E-state index is 12.4. The second-order valence-corrected chi connectivity index (χ2v) is 10.5. The van der Waals surface area contributed by atoms with Gasteiger partial charge in [-0.15, -0.1) is 0 Å². The Morgan fingerprint density at radius 2 is 1.81 bits per heavy atom. The average molecular weight is 457 g/mol. The van der Waals surface area contributed by atoms with Crippen molar-refractivity contribution < 1.29 is 34.7 Å². The highest BCUT2D eigenvalue weighted by Gasteiger charge is 2.55. The van der Waals surface area contributed by atoms with Gasteiger partial charge in [0.25, 0.3) is 0 Å². The molecule has 0 radical (unpaired) electrons. The highest BCUT2D eigenvalue weighted by molar-refractivity contribution is 5.74. The van der Waals surface area contributed by atoms with Crippen molar-refractivity contribution in [2.24, 2.45) is 17.3 Å². The number of aliphatic hydroxyl groups is 4. The topological polar surface area (TPSA) is 116 Å². The van der Waals surface area contributed by atoms with Gasteiger partial charge in [0.1, 0.15) is 6.10 Å². The highest BCUT2D eigenvalue weighted by Crippen LogP contribution is 2.53. The van der Waals surface area contributed by atoms with Crippen LogP contribution in [0.2, 0.25) is 0 Å². The van der Waals surface area contributed by atoms with Crippen molar-refractivity contribution in [1.82, 2.24) is 0 Å². The van der Waals surface area contributed by atoms with E-state index in [1.807, 2.05) is 27.7 Å². The Hall–Kier alpha value is -0.990. The zero-order chi connectivity index (χ0) is 24.4. The second-order valence-electron chi connectivity index (χ2n) is 10.5. The summed E-state index contributed by atoms with van der Waals surface area (Å²) < 4.78 is 11.3. The van der Waals surface area contributed by atoms with Crippen LogP contribution in [-0.2, 0) is 14.3 Å². The van der Waals surface area contributed by atoms with E-state index in [-0.39, 0.29) is 30.8 Å². The zero-order valence-corrected chi connectivity index (χ0v) is 20.8. The number of esters is 1. The van der Waals surface area contributed by atoms with E-state index in [0.29, 0.717) is 31.4 Å². The van der Waals surface area contributed by atoms with Crippen LogP contribution in [-0.4, -0.2) is 69.1 Å². The van der Waals surface area contributed by atoms with Crippen LogP contribution in [0.15, 0.2) is 11.1 Å². The Bertz CT molecular complexity index is 686. The van der Waals surface area contributed by atoms with E-state index < -0.39 is 41.4 Å². The van der Waals surface area contributed by atoms with E-state index in [1.165, 1.54) is 0 Å². The van der Waals surface area contributed by atoms with E-state index in [2.05, 4.69) is 6.92 Å². The summed E-state index contributed by atoms with van der Waals surface area (Å²) in [7, 11) is 0. The Morgan fingerprint density at radius 3 is 2.28 bits per heavy atom. The van der Waals surface area contributed by atoms with Crippen molar-refractivity contribution in [1.29, 1.82) is 0 Å². The molecule has 2 rings (SSSR count). The molecule has 1 aliphatic carbocycles. The number of carbonyl (C=O) groups is 1. The van der Waals surface area contributed by atoms with Crippen LogP contribution >= 0.6 is 0 Å². The Balaban J connectivity index is 2.35. The zero-order valence-electron chi connectivity index (χ0n) is 20.8. The summed E-state index contributed by atoms with van der Waals surface area (Å²) in [5.41, 5.74) is -0.519. The minimum absolute atomic E-state index is 0.0355. The number of carbonyl (C=O) groups excluding carboxylic acids is 1. The lowest BCUT2D eigenvalue weighted by molar-refractivity contribution is -0.177.